The SMILES string of the molecule is Fc1ccc(C2CCC(c3c(Cl)cccc3Cl)=N2)cc1. The zero-order valence-corrected chi connectivity index (χ0v) is 12.1. The first-order chi connectivity index (χ1) is 9.65. The van der Waals surface area contributed by atoms with E-state index in [4.69, 9.17) is 28.2 Å². The van der Waals surface area contributed by atoms with Crippen LogP contribution in [0.25, 0.3) is 0 Å². The minimum absolute atomic E-state index is 0.0536. The molecule has 1 heterocycles. The van der Waals surface area contributed by atoms with Gasteiger partial charge in [0.1, 0.15) is 5.82 Å². The summed E-state index contributed by atoms with van der Waals surface area (Å²) in [6.07, 6.45) is 1.72. The minimum Gasteiger partial charge on any atom is -0.281 e. The second kappa shape index (κ2) is 5.55. The molecule has 0 spiro atoms. The quantitative estimate of drug-likeness (QED) is 0.699. The Morgan fingerprint density at radius 3 is 2.30 bits per heavy atom. The lowest BCUT2D eigenvalue weighted by Crippen LogP contribution is -1.98. The second-order valence-electron chi connectivity index (χ2n) is 4.78. The topological polar surface area (TPSA) is 12.4 Å². The molecule has 4 heteroatoms. The van der Waals surface area contributed by atoms with Gasteiger partial charge in [0.05, 0.1) is 16.1 Å². The maximum absolute atomic E-state index is 13.0. The van der Waals surface area contributed by atoms with Crippen molar-refractivity contribution >= 4 is 28.9 Å². The molecule has 20 heavy (non-hydrogen) atoms. The summed E-state index contributed by atoms with van der Waals surface area (Å²) in [5.74, 6) is -0.231. The number of hydrogen-bond acceptors (Lipinski definition) is 1. The van der Waals surface area contributed by atoms with Crippen molar-refractivity contribution in [3.05, 3.63) is 69.5 Å². The summed E-state index contributed by atoms with van der Waals surface area (Å²) in [7, 11) is 0. The van der Waals surface area contributed by atoms with Crippen molar-refractivity contribution in [1.82, 2.24) is 0 Å². The van der Waals surface area contributed by atoms with Gasteiger partial charge in [-0.2, -0.15) is 0 Å². The lowest BCUT2D eigenvalue weighted by Gasteiger charge is -2.07. The van der Waals surface area contributed by atoms with E-state index in [2.05, 4.69) is 0 Å². The monoisotopic (exact) mass is 307 g/mol. The highest BCUT2D eigenvalue weighted by atomic mass is 35.5. The van der Waals surface area contributed by atoms with E-state index in [0.29, 0.717) is 10.0 Å². The van der Waals surface area contributed by atoms with Gasteiger partial charge in [-0.25, -0.2) is 4.39 Å². The first-order valence-corrected chi connectivity index (χ1v) is 7.17. The molecule has 0 aromatic heterocycles. The molecule has 0 bridgehead atoms. The summed E-state index contributed by atoms with van der Waals surface area (Å²) >= 11 is 12.4. The molecule has 0 saturated heterocycles. The smallest absolute Gasteiger partial charge is 0.123 e. The molecule has 1 unspecified atom stereocenters. The molecule has 0 amide bonds. The molecule has 1 nitrogen and oxygen atoms in total. The summed E-state index contributed by atoms with van der Waals surface area (Å²) in [6.45, 7) is 0. The van der Waals surface area contributed by atoms with Crippen LogP contribution in [0.5, 0.6) is 0 Å². The second-order valence-corrected chi connectivity index (χ2v) is 5.59. The summed E-state index contributed by atoms with van der Waals surface area (Å²) in [6, 6.07) is 12.0. The summed E-state index contributed by atoms with van der Waals surface area (Å²) in [5.41, 5.74) is 2.76. The van der Waals surface area contributed by atoms with Crippen molar-refractivity contribution < 1.29 is 4.39 Å². The van der Waals surface area contributed by atoms with Gasteiger partial charge in [-0.1, -0.05) is 41.4 Å². The molecule has 0 N–H and O–H groups in total. The molecule has 1 aliphatic heterocycles. The molecule has 1 aliphatic rings. The van der Waals surface area contributed by atoms with E-state index < -0.39 is 0 Å². The van der Waals surface area contributed by atoms with Crippen LogP contribution in [-0.2, 0) is 0 Å². The standard InChI is InChI=1S/C16H12Cl2FN/c17-12-2-1-3-13(18)16(12)15-9-8-14(20-15)10-4-6-11(19)7-5-10/h1-7,14H,8-9H2. The lowest BCUT2D eigenvalue weighted by molar-refractivity contribution is 0.624. The van der Waals surface area contributed by atoms with Gasteiger partial charge in [-0.05, 0) is 42.7 Å². The van der Waals surface area contributed by atoms with Crippen molar-refractivity contribution in [3.8, 4) is 0 Å². The van der Waals surface area contributed by atoms with E-state index in [-0.39, 0.29) is 11.9 Å². The van der Waals surface area contributed by atoms with Crippen LogP contribution in [0.3, 0.4) is 0 Å². The van der Waals surface area contributed by atoms with Crippen molar-refractivity contribution in [1.29, 1.82) is 0 Å². The summed E-state index contributed by atoms with van der Waals surface area (Å²) < 4.78 is 13.0. The van der Waals surface area contributed by atoms with Crippen LogP contribution in [0.1, 0.15) is 30.0 Å². The van der Waals surface area contributed by atoms with Gasteiger partial charge in [0.2, 0.25) is 0 Å². The van der Waals surface area contributed by atoms with Crippen molar-refractivity contribution in [2.45, 2.75) is 18.9 Å². The fourth-order valence-electron chi connectivity index (χ4n) is 2.48. The van der Waals surface area contributed by atoms with Crippen LogP contribution < -0.4 is 0 Å². The van der Waals surface area contributed by atoms with Crippen LogP contribution in [0.2, 0.25) is 10.0 Å². The first-order valence-electron chi connectivity index (χ1n) is 6.41. The average Bonchev–Trinajstić information content (AvgIpc) is 2.89. The lowest BCUT2D eigenvalue weighted by atomic mass is 10.0. The van der Waals surface area contributed by atoms with Gasteiger partial charge in [0, 0.05) is 11.3 Å². The van der Waals surface area contributed by atoms with Crippen LogP contribution in [0, 0.1) is 5.82 Å². The Balaban J connectivity index is 1.94. The van der Waals surface area contributed by atoms with E-state index in [9.17, 15) is 4.39 Å². The number of rotatable bonds is 2. The van der Waals surface area contributed by atoms with Gasteiger partial charge in [-0.15, -0.1) is 0 Å². The van der Waals surface area contributed by atoms with E-state index in [0.717, 1.165) is 29.7 Å². The fourth-order valence-corrected chi connectivity index (χ4v) is 3.10. The van der Waals surface area contributed by atoms with Crippen LogP contribution >= 0.6 is 23.2 Å². The highest BCUT2D eigenvalue weighted by molar-refractivity contribution is 6.40. The number of halogens is 3. The maximum Gasteiger partial charge on any atom is 0.123 e. The van der Waals surface area contributed by atoms with E-state index in [1.165, 1.54) is 12.1 Å². The molecule has 2 aromatic rings. The predicted molar refractivity (Wildman–Crippen MR) is 81.4 cm³/mol. The predicted octanol–water partition coefficient (Wildman–Crippen LogP) is 5.46. The van der Waals surface area contributed by atoms with Gasteiger partial charge in [-0.3, -0.25) is 4.99 Å². The van der Waals surface area contributed by atoms with E-state index in [1.807, 2.05) is 18.2 Å². The highest BCUT2D eigenvalue weighted by Gasteiger charge is 2.23. The third kappa shape index (κ3) is 2.58. The normalized spacial score (nSPS) is 18.1. The molecule has 0 fully saturated rings. The molecule has 3 rings (SSSR count). The average molecular weight is 308 g/mol. The number of hydrogen-bond donors (Lipinski definition) is 0. The Morgan fingerprint density at radius 1 is 1.00 bits per heavy atom. The van der Waals surface area contributed by atoms with Crippen LogP contribution in [-0.4, -0.2) is 5.71 Å². The first kappa shape index (κ1) is 13.6. The molecule has 0 radical (unpaired) electrons. The minimum atomic E-state index is -0.231. The van der Waals surface area contributed by atoms with Crippen molar-refractivity contribution in [3.63, 3.8) is 0 Å². The number of aliphatic imine (C=N–C) groups is 1. The zero-order chi connectivity index (χ0) is 14.1. The molecular formula is C16H12Cl2FN. The summed E-state index contributed by atoms with van der Waals surface area (Å²) in [4.78, 5) is 4.71. The number of nitrogens with zero attached hydrogens (tertiary/aromatic N) is 1. The highest BCUT2D eigenvalue weighted by Crippen LogP contribution is 2.35. The Morgan fingerprint density at radius 2 is 1.65 bits per heavy atom. The largest absolute Gasteiger partial charge is 0.281 e. The van der Waals surface area contributed by atoms with Gasteiger partial charge >= 0.3 is 0 Å². The summed E-state index contributed by atoms with van der Waals surface area (Å²) in [5, 5.41) is 1.24. The Bertz CT molecular complexity index is 644. The van der Waals surface area contributed by atoms with E-state index in [1.54, 1.807) is 12.1 Å². The third-order valence-corrected chi connectivity index (χ3v) is 4.10. The van der Waals surface area contributed by atoms with Crippen LogP contribution in [0.15, 0.2) is 47.5 Å². The number of benzene rings is 2. The van der Waals surface area contributed by atoms with Crippen molar-refractivity contribution in [2.75, 3.05) is 0 Å². The molecule has 1 atom stereocenters. The molecule has 102 valence electrons. The van der Waals surface area contributed by atoms with Gasteiger partial charge in [0.25, 0.3) is 0 Å². The zero-order valence-electron chi connectivity index (χ0n) is 10.6. The molecule has 2 aromatic carbocycles. The van der Waals surface area contributed by atoms with Gasteiger partial charge in [0.15, 0.2) is 0 Å². The maximum atomic E-state index is 13.0. The van der Waals surface area contributed by atoms with E-state index >= 15 is 0 Å². The fraction of sp³-hybridized carbons (Fsp3) is 0.188. The van der Waals surface area contributed by atoms with Crippen molar-refractivity contribution in [2.24, 2.45) is 4.99 Å². The van der Waals surface area contributed by atoms with Crippen LogP contribution in [0.4, 0.5) is 4.39 Å². The molecule has 0 saturated carbocycles. The third-order valence-electron chi connectivity index (χ3n) is 3.47. The Labute approximate surface area is 127 Å². The Hall–Kier alpha value is -1.38. The Kier molecular flexibility index (Phi) is 3.77. The molecular weight excluding hydrogens is 296 g/mol. The van der Waals surface area contributed by atoms with Gasteiger partial charge < -0.3 is 0 Å². The molecule has 0 aliphatic carbocycles.